The molecule has 7 heteroatoms. The summed E-state index contributed by atoms with van der Waals surface area (Å²) in [6.07, 6.45) is 0.519. The minimum Gasteiger partial charge on any atom is -0.397 e. The Labute approximate surface area is 185 Å². The molecule has 0 spiro atoms. The zero-order valence-electron chi connectivity index (χ0n) is 16.5. The number of hydrogen-bond acceptors (Lipinski definition) is 4. The summed E-state index contributed by atoms with van der Waals surface area (Å²) < 4.78 is 11.6. The SMILES string of the molecule is Nc1ccc(-c2cccs2)cc1NC(=O)c1ccc(Cc2ccccc2[PH](=O)O)cc1. The van der Waals surface area contributed by atoms with E-state index in [1.165, 1.54) is 0 Å². The number of anilines is 2. The highest BCUT2D eigenvalue weighted by molar-refractivity contribution is 7.47. The first-order chi connectivity index (χ1) is 15.0. The number of nitrogens with one attached hydrogen (secondary N) is 1. The Morgan fingerprint density at radius 2 is 1.77 bits per heavy atom. The second-order valence-corrected chi connectivity index (χ2v) is 9.17. The lowest BCUT2D eigenvalue weighted by atomic mass is 10.0. The van der Waals surface area contributed by atoms with Crippen LogP contribution < -0.4 is 16.4 Å². The second-order valence-electron chi connectivity index (χ2n) is 7.07. The molecule has 4 aromatic rings. The number of hydrogen-bond donors (Lipinski definition) is 3. The molecule has 0 aliphatic heterocycles. The Morgan fingerprint density at radius 3 is 2.48 bits per heavy atom. The van der Waals surface area contributed by atoms with Crippen LogP contribution in [0.5, 0.6) is 0 Å². The van der Waals surface area contributed by atoms with Crippen LogP contribution in [0.2, 0.25) is 0 Å². The van der Waals surface area contributed by atoms with E-state index in [2.05, 4.69) is 5.32 Å². The van der Waals surface area contributed by atoms with Crippen LogP contribution in [0.15, 0.2) is 84.2 Å². The van der Waals surface area contributed by atoms with E-state index >= 15 is 0 Å². The summed E-state index contributed by atoms with van der Waals surface area (Å²) in [5.74, 6) is -0.248. The van der Waals surface area contributed by atoms with Gasteiger partial charge in [0.1, 0.15) is 0 Å². The van der Waals surface area contributed by atoms with Crippen LogP contribution >= 0.6 is 19.4 Å². The van der Waals surface area contributed by atoms with Crippen molar-refractivity contribution in [3.05, 3.63) is 101 Å². The van der Waals surface area contributed by atoms with Gasteiger partial charge in [-0.3, -0.25) is 9.36 Å². The highest BCUT2D eigenvalue weighted by Gasteiger charge is 2.11. The molecule has 0 saturated heterocycles. The maximum atomic E-state index is 12.7. The third-order valence-corrected chi connectivity index (χ3v) is 6.83. The molecule has 1 aromatic heterocycles. The summed E-state index contributed by atoms with van der Waals surface area (Å²) in [6, 6.07) is 23.9. The van der Waals surface area contributed by atoms with Gasteiger partial charge in [-0.25, -0.2) is 0 Å². The average molecular weight is 448 g/mol. The van der Waals surface area contributed by atoms with Gasteiger partial charge >= 0.3 is 0 Å². The van der Waals surface area contributed by atoms with Gasteiger partial charge in [0.05, 0.1) is 11.4 Å². The van der Waals surface area contributed by atoms with E-state index in [9.17, 15) is 14.3 Å². The van der Waals surface area contributed by atoms with Gasteiger partial charge in [0.15, 0.2) is 0 Å². The number of rotatable bonds is 6. The predicted molar refractivity (Wildman–Crippen MR) is 129 cm³/mol. The fourth-order valence-corrected chi connectivity index (χ4v) is 4.74. The lowest BCUT2D eigenvalue weighted by Gasteiger charge is -2.11. The molecular weight excluding hydrogens is 427 g/mol. The molecule has 0 aliphatic rings. The Bertz CT molecular complexity index is 1240. The zero-order chi connectivity index (χ0) is 21.8. The number of thiophene rings is 1. The van der Waals surface area contributed by atoms with E-state index in [0.29, 0.717) is 28.7 Å². The molecule has 4 rings (SSSR count). The predicted octanol–water partition coefficient (Wildman–Crippen LogP) is 4.93. The fourth-order valence-electron chi connectivity index (χ4n) is 3.33. The molecule has 0 fully saturated rings. The van der Waals surface area contributed by atoms with Crippen LogP contribution in [0.3, 0.4) is 0 Å². The number of nitrogens with two attached hydrogens (primary N) is 1. The van der Waals surface area contributed by atoms with Gasteiger partial charge in [0.25, 0.3) is 5.91 Å². The summed E-state index contributed by atoms with van der Waals surface area (Å²) in [7, 11) is -2.77. The average Bonchev–Trinajstić information content (AvgIpc) is 3.31. The highest BCUT2D eigenvalue weighted by atomic mass is 32.1. The molecular formula is C24H21N2O3PS. The standard InChI is InChI=1S/C24H21N2O3PS/c25-20-12-11-19(23-6-3-13-31-23)15-21(20)26-24(27)17-9-7-16(8-10-17)14-18-4-1-2-5-22(18)30(28)29/h1-13,15,30H,14,25H2,(H,26,27)(H,28,29). The van der Waals surface area contributed by atoms with Gasteiger partial charge in [0.2, 0.25) is 8.03 Å². The van der Waals surface area contributed by atoms with E-state index < -0.39 is 8.03 Å². The number of benzene rings is 3. The molecule has 0 bridgehead atoms. The Morgan fingerprint density at radius 1 is 1.00 bits per heavy atom. The molecule has 1 atom stereocenters. The topological polar surface area (TPSA) is 92.4 Å². The molecule has 0 aliphatic carbocycles. The van der Waals surface area contributed by atoms with Gasteiger partial charge in [-0.05, 0) is 64.9 Å². The number of carbonyl (C=O) groups excluding carboxylic acids is 1. The van der Waals surface area contributed by atoms with Gasteiger partial charge in [0, 0.05) is 15.7 Å². The molecule has 3 aromatic carbocycles. The van der Waals surface area contributed by atoms with Crippen molar-refractivity contribution in [1.82, 2.24) is 0 Å². The maximum Gasteiger partial charge on any atom is 0.255 e. The van der Waals surface area contributed by atoms with E-state index in [-0.39, 0.29) is 5.91 Å². The molecule has 31 heavy (non-hydrogen) atoms. The minimum absolute atomic E-state index is 0.248. The van der Waals surface area contributed by atoms with Gasteiger partial charge in [-0.2, -0.15) is 0 Å². The quantitative estimate of drug-likeness (QED) is 0.288. The van der Waals surface area contributed by atoms with Crippen molar-refractivity contribution in [3.63, 3.8) is 0 Å². The van der Waals surface area contributed by atoms with Crippen molar-refractivity contribution in [2.24, 2.45) is 0 Å². The maximum absolute atomic E-state index is 12.7. The lowest BCUT2D eigenvalue weighted by Crippen LogP contribution is -2.13. The highest BCUT2D eigenvalue weighted by Crippen LogP contribution is 2.30. The largest absolute Gasteiger partial charge is 0.397 e. The second kappa shape index (κ2) is 9.31. The van der Waals surface area contributed by atoms with E-state index in [1.807, 2.05) is 53.9 Å². The number of amides is 1. The normalized spacial score (nSPS) is 11.8. The molecule has 156 valence electrons. The first kappa shape index (κ1) is 21.1. The molecule has 0 radical (unpaired) electrons. The van der Waals surface area contributed by atoms with Crippen molar-refractivity contribution in [3.8, 4) is 10.4 Å². The van der Waals surface area contributed by atoms with Crippen molar-refractivity contribution in [2.45, 2.75) is 6.42 Å². The Hall–Kier alpha value is -3.18. The summed E-state index contributed by atoms with van der Waals surface area (Å²) in [5, 5.41) is 5.36. The van der Waals surface area contributed by atoms with E-state index in [1.54, 1.807) is 41.7 Å². The van der Waals surface area contributed by atoms with E-state index in [0.717, 1.165) is 21.6 Å². The summed E-state index contributed by atoms with van der Waals surface area (Å²) >= 11 is 1.62. The van der Waals surface area contributed by atoms with Crippen LogP contribution in [0, 0.1) is 0 Å². The fraction of sp³-hybridized carbons (Fsp3) is 0.0417. The molecule has 4 N–H and O–H groups in total. The van der Waals surface area contributed by atoms with Crippen LogP contribution in [0.4, 0.5) is 11.4 Å². The van der Waals surface area contributed by atoms with Crippen LogP contribution in [0.1, 0.15) is 21.5 Å². The van der Waals surface area contributed by atoms with E-state index in [4.69, 9.17) is 5.73 Å². The van der Waals surface area contributed by atoms with Crippen molar-refractivity contribution >= 4 is 42.0 Å². The Balaban J connectivity index is 1.49. The summed E-state index contributed by atoms with van der Waals surface area (Å²) in [4.78, 5) is 23.4. The molecule has 0 saturated carbocycles. The molecule has 1 unspecified atom stereocenters. The van der Waals surface area contributed by atoms with Crippen LogP contribution in [0.25, 0.3) is 10.4 Å². The third-order valence-electron chi connectivity index (χ3n) is 4.97. The van der Waals surface area contributed by atoms with Crippen molar-refractivity contribution in [2.75, 3.05) is 11.1 Å². The summed E-state index contributed by atoms with van der Waals surface area (Å²) in [6.45, 7) is 0. The first-order valence-corrected chi connectivity index (χ1v) is 11.9. The smallest absolute Gasteiger partial charge is 0.255 e. The zero-order valence-corrected chi connectivity index (χ0v) is 18.4. The molecule has 1 heterocycles. The summed E-state index contributed by atoms with van der Waals surface area (Å²) in [5.41, 5.74) is 10.4. The van der Waals surface area contributed by atoms with Gasteiger partial charge in [-0.15, -0.1) is 11.3 Å². The van der Waals surface area contributed by atoms with Crippen LogP contribution in [-0.4, -0.2) is 10.8 Å². The van der Waals surface area contributed by atoms with Crippen LogP contribution in [-0.2, 0) is 11.0 Å². The first-order valence-electron chi connectivity index (χ1n) is 9.66. The third kappa shape index (κ3) is 4.94. The number of carbonyl (C=O) groups is 1. The minimum atomic E-state index is -2.77. The van der Waals surface area contributed by atoms with Gasteiger partial charge < -0.3 is 15.9 Å². The van der Waals surface area contributed by atoms with Crippen molar-refractivity contribution in [1.29, 1.82) is 0 Å². The molecule has 1 amide bonds. The molecule has 5 nitrogen and oxygen atoms in total. The van der Waals surface area contributed by atoms with Crippen molar-refractivity contribution < 1.29 is 14.3 Å². The lowest BCUT2D eigenvalue weighted by molar-refractivity contribution is 0.102. The van der Waals surface area contributed by atoms with Gasteiger partial charge in [-0.1, -0.05) is 42.5 Å². The monoisotopic (exact) mass is 448 g/mol. The Kier molecular flexibility index (Phi) is 6.33. The number of nitrogen functional groups attached to an aromatic ring is 1.